The molecule has 0 amide bonds. The van der Waals surface area contributed by atoms with E-state index in [4.69, 9.17) is 0 Å². The Morgan fingerprint density at radius 2 is 2.15 bits per heavy atom. The molecule has 0 saturated heterocycles. The first-order valence-electron chi connectivity index (χ1n) is 4.93. The summed E-state index contributed by atoms with van der Waals surface area (Å²) in [5, 5.41) is 10.7. The summed E-state index contributed by atoms with van der Waals surface area (Å²) in [4.78, 5) is 24.6. The number of carbonyl (C=O) groups excluding carboxylic acids is 1. The Morgan fingerprint density at radius 1 is 1.55 bits per heavy atom. The predicted molar refractivity (Wildman–Crippen MR) is 66.2 cm³/mol. The average Bonchev–Trinajstić information content (AvgIpc) is 2.29. The Balaban J connectivity index is 3.34. The number of hydrogen-bond acceptors (Lipinski definition) is 6. The van der Waals surface area contributed by atoms with E-state index in [1.165, 1.54) is 29.5 Å². The lowest BCUT2D eigenvalue weighted by atomic mass is 10.2. The lowest BCUT2D eigenvalue weighted by Crippen LogP contribution is -2.19. The zero-order valence-corrected chi connectivity index (χ0v) is 11.9. The highest BCUT2D eigenvalue weighted by atomic mass is 127. The smallest absolute Gasteiger partial charge is 0.462 e. The zero-order chi connectivity index (χ0) is 15.5. The molecule has 1 rings (SSSR count). The molecule has 0 fully saturated rings. The van der Waals surface area contributed by atoms with Crippen molar-refractivity contribution in [1.82, 2.24) is 4.98 Å². The van der Waals surface area contributed by atoms with E-state index >= 15 is 0 Å². The van der Waals surface area contributed by atoms with E-state index in [1.54, 1.807) is 0 Å². The number of nitro groups is 1. The van der Waals surface area contributed by atoms with Crippen molar-refractivity contribution in [2.45, 2.75) is 13.3 Å². The summed E-state index contributed by atoms with van der Waals surface area (Å²) in [7, 11) is 0. The summed E-state index contributed by atoms with van der Waals surface area (Å²) in [6.07, 6.45) is -5.01. The minimum Gasteiger partial charge on any atom is -0.462 e. The third kappa shape index (κ3) is 4.18. The van der Waals surface area contributed by atoms with Crippen LogP contribution in [-0.2, 0) is 4.74 Å². The van der Waals surface area contributed by atoms with Gasteiger partial charge in [0.2, 0.25) is 0 Å². The molecule has 0 saturated carbocycles. The zero-order valence-electron chi connectivity index (χ0n) is 9.73. The third-order valence-corrected chi connectivity index (χ3v) is 2.59. The van der Waals surface area contributed by atoms with Crippen LogP contribution in [0.4, 0.5) is 19.0 Å². The summed E-state index contributed by atoms with van der Waals surface area (Å²) in [6.45, 7) is 1.34. The van der Waals surface area contributed by atoms with Gasteiger partial charge in [-0.1, -0.05) is 0 Å². The molecule has 1 heterocycles. The summed E-state index contributed by atoms with van der Waals surface area (Å²) in [5.74, 6) is -2.87. The van der Waals surface area contributed by atoms with E-state index in [0.717, 1.165) is 0 Å². The van der Waals surface area contributed by atoms with Gasteiger partial charge < -0.3 is 19.6 Å². The van der Waals surface area contributed by atoms with Crippen molar-refractivity contribution in [1.29, 1.82) is 0 Å². The van der Waals surface area contributed by atoms with Crippen LogP contribution in [-0.4, -0.2) is 28.8 Å². The van der Waals surface area contributed by atoms with Crippen LogP contribution in [0.2, 0.25) is 0 Å². The quantitative estimate of drug-likeness (QED) is 0.251. The van der Waals surface area contributed by atoms with Gasteiger partial charge in [0.1, 0.15) is 0 Å². The van der Waals surface area contributed by atoms with Gasteiger partial charge in [-0.25, -0.2) is 4.79 Å². The van der Waals surface area contributed by atoms with Crippen molar-refractivity contribution in [2.75, 3.05) is 6.61 Å². The fourth-order valence-electron chi connectivity index (χ4n) is 1.16. The molecule has 0 aliphatic heterocycles. The Morgan fingerprint density at radius 3 is 2.60 bits per heavy atom. The maximum atomic E-state index is 12.2. The van der Waals surface area contributed by atoms with Crippen molar-refractivity contribution >= 4 is 34.4 Å². The molecule has 0 aliphatic carbocycles. The minimum atomic E-state index is -5.01. The number of hydrogen-bond donors (Lipinski definition) is 0. The third-order valence-electron chi connectivity index (χ3n) is 1.82. The number of esters is 1. The second-order valence-electron chi connectivity index (χ2n) is 3.17. The van der Waals surface area contributed by atoms with Crippen molar-refractivity contribution in [3.05, 3.63) is 25.4 Å². The summed E-state index contributed by atoms with van der Waals surface area (Å²) in [6, 6.07) is 0.582. The molecule has 0 bridgehead atoms. The molecular formula is C9H6F3IN2O5. The minimum absolute atomic E-state index is 0.0998. The molecule has 20 heavy (non-hydrogen) atoms. The summed E-state index contributed by atoms with van der Waals surface area (Å²) in [5.41, 5.74) is -0.712. The lowest BCUT2D eigenvalue weighted by molar-refractivity contribution is -0.390. The number of nitrogens with zero attached hydrogens (tertiary/aromatic N) is 2. The number of alkyl halides is 3. The molecule has 0 atom stereocenters. The van der Waals surface area contributed by atoms with Gasteiger partial charge in [0.15, 0.2) is 11.3 Å². The molecule has 1 aromatic heterocycles. The molecule has 0 aliphatic rings. The monoisotopic (exact) mass is 406 g/mol. The summed E-state index contributed by atoms with van der Waals surface area (Å²) < 4.78 is 44.2. The van der Waals surface area contributed by atoms with Crippen LogP contribution in [0.3, 0.4) is 0 Å². The topological polar surface area (TPSA) is 91.6 Å². The van der Waals surface area contributed by atoms with Crippen LogP contribution in [0, 0.1) is 13.8 Å². The number of pyridine rings is 1. The molecule has 7 nitrogen and oxygen atoms in total. The van der Waals surface area contributed by atoms with E-state index in [-0.39, 0.29) is 6.61 Å². The van der Waals surface area contributed by atoms with E-state index in [0.29, 0.717) is 6.07 Å². The van der Waals surface area contributed by atoms with Crippen LogP contribution < -0.4 is 4.74 Å². The standard InChI is InChI=1S/C9H6F3IN2O5/c1-2-19-8(16)4-3-5(20-9(10,11)12)6(13)14-7(4)15(17)18/h3H,2H2,1H3. The lowest BCUT2D eigenvalue weighted by Gasteiger charge is -2.10. The first kappa shape index (κ1) is 16.4. The molecule has 0 N–H and O–H groups in total. The summed E-state index contributed by atoms with van der Waals surface area (Å²) >= 11 is 1.33. The molecule has 0 unspecified atom stereocenters. The predicted octanol–water partition coefficient (Wildman–Crippen LogP) is 2.67. The highest BCUT2D eigenvalue weighted by Crippen LogP contribution is 2.31. The highest BCUT2D eigenvalue weighted by molar-refractivity contribution is 14.1. The van der Waals surface area contributed by atoms with Gasteiger partial charge in [-0.15, -0.1) is 13.2 Å². The van der Waals surface area contributed by atoms with E-state index in [1.807, 2.05) is 0 Å². The Bertz CT molecular complexity index is 549. The van der Waals surface area contributed by atoms with Crippen molar-refractivity contribution < 1.29 is 32.4 Å². The largest absolute Gasteiger partial charge is 0.573 e. The van der Waals surface area contributed by atoms with Gasteiger partial charge in [-0.3, -0.25) is 0 Å². The first-order valence-corrected chi connectivity index (χ1v) is 6.01. The normalized spacial score (nSPS) is 11.1. The molecule has 0 spiro atoms. The number of carbonyl (C=O) groups is 1. The number of halogens is 4. The number of ether oxygens (including phenoxy) is 2. The second-order valence-corrected chi connectivity index (χ2v) is 4.20. The van der Waals surface area contributed by atoms with E-state index < -0.39 is 38.1 Å². The van der Waals surface area contributed by atoms with Gasteiger partial charge in [-0.05, 0) is 16.8 Å². The van der Waals surface area contributed by atoms with Crippen molar-refractivity contribution in [2.24, 2.45) is 0 Å². The maximum Gasteiger partial charge on any atom is 0.573 e. The Hall–Kier alpha value is -1.66. The highest BCUT2D eigenvalue weighted by Gasteiger charge is 2.35. The second kappa shape index (κ2) is 6.19. The molecule has 11 heteroatoms. The maximum absolute atomic E-state index is 12.2. The van der Waals surface area contributed by atoms with Gasteiger partial charge in [0.25, 0.3) is 3.70 Å². The van der Waals surface area contributed by atoms with Crippen molar-refractivity contribution in [3.63, 3.8) is 0 Å². The fourth-order valence-corrected chi connectivity index (χ4v) is 1.65. The van der Waals surface area contributed by atoms with Gasteiger partial charge in [0, 0.05) is 28.7 Å². The van der Waals surface area contributed by atoms with Crippen LogP contribution in [0.25, 0.3) is 0 Å². The molecule has 0 radical (unpaired) electrons. The Labute approximate surface area is 123 Å². The molecule has 110 valence electrons. The van der Waals surface area contributed by atoms with Crippen LogP contribution in [0.5, 0.6) is 5.75 Å². The Kier molecular flexibility index (Phi) is 5.08. The van der Waals surface area contributed by atoms with E-state index in [2.05, 4.69) is 14.5 Å². The van der Waals surface area contributed by atoms with Gasteiger partial charge in [0.05, 0.1) is 6.61 Å². The SMILES string of the molecule is CCOC(=O)c1cc(OC(F)(F)F)c(I)nc1[N+](=O)[O-]. The molecule has 1 aromatic rings. The van der Waals surface area contributed by atoms with Gasteiger partial charge in [-0.2, -0.15) is 0 Å². The van der Waals surface area contributed by atoms with Crippen LogP contribution in [0.15, 0.2) is 6.07 Å². The van der Waals surface area contributed by atoms with E-state index in [9.17, 15) is 28.1 Å². The fraction of sp³-hybridized carbons (Fsp3) is 0.333. The van der Waals surface area contributed by atoms with Crippen LogP contribution in [0.1, 0.15) is 17.3 Å². The van der Waals surface area contributed by atoms with Crippen LogP contribution >= 0.6 is 22.6 Å². The van der Waals surface area contributed by atoms with Gasteiger partial charge >= 0.3 is 18.1 Å². The van der Waals surface area contributed by atoms with Crippen molar-refractivity contribution in [3.8, 4) is 5.75 Å². The molecule has 0 aromatic carbocycles. The average molecular weight is 406 g/mol. The number of rotatable bonds is 4. The molecular weight excluding hydrogens is 400 g/mol. The first-order chi connectivity index (χ1) is 9.15. The number of aromatic nitrogens is 1.